The molecule has 0 radical (unpaired) electrons. The third-order valence-electron chi connectivity index (χ3n) is 1.80. The fourth-order valence-corrected chi connectivity index (χ4v) is 1.18. The first kappa shape index (κ1) is 7.85. The number of aliphatic carboxylic acids is 1. The number of carboxylic acids is 1. The lowest BCUT2D eigenvalue weighted by atomic mass is 10.1. The number of aliphatic imine (C=N–C) groups is 3. The van der Waals surface area contributed by atoms with Crippen molar-refractivity contribution < 1.29 is 9.90 Å². The Kier molecular flexibility index (Phi) is 1.77. The van der Waals surface area contributed by atoms with Crippen molar-refractivity contribution >= 4 is 24.1 Å². The first-order valence-electron chi connectivity index (χ1n) is 3.81. The SMILES string of the molecule is O=C(O)C1=NC2C=CC=NC2N=C1. The van der Waals surface area contributed by atoms with Gasteiger partial charge in [-0.3, -0.25) is 15.0 Å². The predicted molar refractivity (Wildman–Crippen MR) is 48.8 cm³/mol. The Balaban J connectivity index is 2.27. The van der Waals surface area contributed by atoms with Crippen molar-refractivity contribution in [1.29, 1.82) is 0 Å². The van der Waals surface area contributed by atoms with Crippen LogP contribution in [-0.4, -0.2) is 41.4 Å². The van der Waals surface area contributed by atoms with Crippen LogP contribution in [0.4, 0.5) is 0 Å². The van der Waals surface area contributed by atoms with E-state index in [1.54, 1.807) is 18.4 Å². The molecule has 2 rings (SSSR count). The van der Waals surface area contributed by atoms with Crippen molar-refractivity contribution in [1.82, 2.24) is 0 Å². The summed E-state index contributed by atoms with van der Waals surface area (Å²) in [5.41, 5.74) is -0.0111. The molecule has 66 valence electrons. The molecular weight excluding hydrogens is 170 g/mol. The van der Waals surface area contributed by atoms with Crippen LogP contribution in [0.5, 0.6) is 0 Å². The molecule has 2 aliphatic heterocycles. The normalized spacial score (nSPS) is 29.7. The molecule has 5 nitrogen and oxygen atoms in total. The Morgan fingerprint density at radius 1 is 1.46 bits per heavy atom. The number of carbonyl (C=O) groups is 1. The van der Waals surface area contributed by atoms with Gasteiger partial charge in [0.1, 0.15) is 6.04 Å². The molecule has 0 spiro atoms. The van der Waals surface area contributed by atoms with Gasteiger partial charge in [-0.1, -0.05) is 6.08 Å². The van der Waals surface area contributed by atoms with Crippen LogP contribution in [0.1, 0.15) is 0 Å². The molecule has 0 aliphatic carbocycles. The monoisotopic (exact) mass is 177 g/mol. The molecule has 0 amide bonds. The first-order chi connectivity index (χ1) is 6.27. The topological polar surface area (TPSA) is 74.4 Å². The molecular formula is C8H7N3O2. The predicted octanol–water partition coefficient (Wildman–Crippen LogP) is -0.0683. The highest BCUT2D eigenvalue weighted by atomic mass is 16.4. The molecule has 13 heavy (non-hydrogen) atoms. The molecule has 0 aromatic heterocycles. The highest BCUT2D eigenvalue weighted by molar-refractivity contribution is 6.59. The quantitative estimate of drug-likeness (QED) is 0.608. The maximum atomic E-state index is 10.5. The number of carboxylic acid groups (broad SMARTS) is 1. The van der Waals surface area contributed by atoms with E-state index in [0.717, 1.165) is 0 Å². The third kappa shape index (κ3) is 1.40. The molecule has 2 unspecified atom stereocenters. The van der Waals surface area contributed by atoms with E-state index in [9.17, 15) is 4.79 Å². The lowest BCUT2D eigenvalue weighted by Crippen LogP contribution is -2.30. The molecule has 0 bridgehead atoms. The van der Waals surface area contributed by atoms with Crippen molar-refractivity contribution in [2.75, 3.05) is 0 Å². The molecule has 0 aromatic rings. The second-order valence-corrected chi connectivity index (χ2v) is 2.68. The molecule has 0 aromatic carbocycles. The van der Waals surface area contributed by atoms with Crippen LogP contribution >= 0.6 is 0 Å². The van der Waals surface area contributed by atoms with Crippen LogP contribution in [0.15, 0.2) is 27.1 Å². The minimum atomic E-state index is -1.05. The van der Waals surface area contributed by atoms with E-state index < -0.39 is 5.97 Å². The molecule has 2 heterocycles. The summed E-state index contributed by atoms with van der Waals surface area (Å²) >= 11 is 0. The number of hydrogen-bond donors (Lipinski definition) is 1. The van der Waals surface area contributed by atoms with Gasteiger partial charge in [-0.2, -0.15) is 0 Å². The van der Waals surface area contributed by atoms with Gasteiger partial charge >= 0.3 is 5.97 Å². The molecule has 2 aliphatic rings. The standard InChI is InChI=1S/C8H7N3O2/c12-8(13)6-4-10-7-5(11-6)2-1-3-9-7/h1-5,7H,(H,12,13). The number of fused-ring (bicyclic) bond motifs is 1. The molecule has 1 N–H and O–H groups in total. The molecule has 0 fully saturated rings. The van der Waals surface area contributed by atoms with Crippen LogP contribution < -0.4 is 0 Å². The van der Waals surface area contributed by atoms with E-state index in [1.165, 1.54) is 6.21 Å². The summed E-state index contributed by atoms with van der Waals surface area (Å²) in [7, 11) is 0. The van der Waals surface area contributed by atoms with Crippen LogP contribution in [0.25, 0.3) is 0 Å². The molecule has 5 heteroatoms. The van der Waals surface area contributed by atoms with Crippen molar-refractivity contribution in [2.24, 2.45) is 15.0 Å². The summed E-state index contributed by atoms with van der Waals surface area (Å²) in [6.07, 6.45) is 6.15. The van der Waals surface area contributed by atoms with Crippen LogP contribution in [0.2, 0.25) is 0 Å². The summed E-state index contributed by atoms with van der Waals surface area (Å²) in [4.78, 5) is 22.5. The lowest BCUT2D eigenvalue weighted by molar-refractivity contribution is -0.129. The zero-order valence-electron chi connectivity index (χ0n) is 6.66. The number of rotatable bonds is 1. The Bertz CT molecular complexity index is 354. The van der Waals surface area contributed by atoms with E-state index in [2.05, 4.69) is 15.0 Å². The second kappa shape index (κ2) is 2.93. The maximum Gasteiger partial charge on any atom is 0.355 e. The van der Waals surface area contributed by atoms with Crippen molar-refractivity contribution in [3.63, 3.8) is 0 Å². The summed E-state index contributed by atoms with van der Waals surface area (Å²) in [5.74, 6) is -1.05. The second-order valence-electron chi connectivity index (χ2n) is 2.68. The van der Waals surface area contributed by atoms with Gasteiger partial charge in [-0.15, -0.1) is 0 Å². The molecule has 2 atom stereocenters. The third-order valence-corrected chi connectivity index (χ3v) is 1.80. The number of allylic oxidation sites excluding steroid dienone is 1. The summed E-state index contributed by atoms with van der Waals surface area (Å²) in [6.45, 7) is 0. The van der Waals surface area contributed by atoms with Crippen LogP contribution in [0, 0.1) is 0 Å². The zero-order valence-corrected chi connectivity index (χ0v) is 6.66. The van der Waals surface area contributed by atoms with Gasteiger partial charge in [0.15, 0.2) is 11.9 Å². The van der Waals surface area contributed by atoms with E-state index in [-0.39, 0.29) is 17.9 Å². The van der Waals surface area contributed by atoms with Gasteiger partial charge in [0.05, 0.1) is 6.21 Å². The van der Waals surface area contributed by atoms with E-state index in [0.29, 0.717) is 0 Å². The lowest BCUT2D eigenvalue weighted by Gasteiger charge is -2.19. The first-order valence-corrected chi connectivity index (χ1v) is 3.81. The minimum Gasteiger partial charge on any atom is -0.476 e. The van der Waals surface area contributed by atoms with Gasteiger partial charge in [0, 0.05) is 6.21 Å². The minimum absolute atomic E-state index is 0.0111. The summed E-state index contributed by atoms with van der Waals surface area (Å²) in [5, 5.41) is 8.64. The fraction of sp³-hybridized carbons (Fsp3) is 0.250. The van der Waals surface area contributed by atoms with E-state index >= 15 is 0 Å². The Morgan fingerprint density at radius 3 is 3.08 bits per heavy atom. The van der Waals surface area contributed by atoms with Gasteiger partial charge in [-0.05, 0) is 6.08 Å². The smallest absolute Gasteiger partial charge is 0.355 e. The van der Waals surface area contributed by atoms with Crippen LogP contribution in [-0.2, 0) is 4.79 Å². The maximum absolute atomic E-state index is 10.5. The Labute approximate surface area is 74.2 Å². The zero-order chi connectivity index (χ0) is 9.26. The summed E-state index contributed by atoms with van der Waals surface area (Å²) in [6, 6.07) is -0.249. The van der Waals surface area contributed by atoms with E-state index in [4.69, 9.17) is 5.11 Å². The number of nitrogens with zero attached hydrogens (tertiary/aromatic N) is 3. The molecule has 0 saturated heterocycles. The van der Waals surface area contributed by atoms with Gasteiger partial charge in [0.2, 0.25) is 0 Å². The van der Waals surface area contributed by atoms with Gasteiger partial charge < -0.3 is 5.11 Å². The van der Waals surface area contributed by atoms with E-state index in [1.807, 2.05) is 0 Å². The highest BCUT2D eigenvalue weighted by Crippen LogP contribution is 2.13. The molecule has 0 saturated carbocycles. The van der Waals surface area contributed by atoms with Crippen molar-refractivity contribution in [3.8, 4) is 0 Å². The Morgan fingerprint density at radius 2 is 2.31 bits per heavy atom. The largest absolute Gasteiger partial charge is 0.476 e. The summed E-state index contributed by atoms with van der Waals surface area (Å²) < 4.78 is 0. The fourth-order valence-electron chi connectivity index (χ4n) is 1.18. The number of dihydropyridines is 1. The number of hydrogen-bond acceptors (Lipinski definition) is 4. The average Bonchev–Trinajstić information content (AvgIpc) is 2.17. The van der Waals surface area contributed by atoms with Gasteiger partial charge in [0.25, 0.3) is 0 Å². The van der Waals surface area contributed by atoms with Gasteiger partial charge in [-0.25, -0.2) is 4.79 Å². The van der Waals surface area contributed by atoms with Crippen molar-refractivity contribution in [3.05, 3.63) is 12.2 Å². The average molecular weight is 177 g/mol. The Hall–Kier alpha value is -1.78. The highest BCUT2D eigenvalue weighted by Gasteiger charge is 2.23. The van der Waals surface area contributed by atoms with Crippen LogP contribution in [0.3, 0.4) is 0 Å². The van der Waals surface area contributed by atoms with Crippen molar-refractivity contribution in [2.45, 2.75) is 12.2 Å².